The number of nitrogens with zero attached hydrogens (tertiary/aromatic N) is 2. The molecule has 0 aliphatic rings. The third-order valence-electron chi connectivity index (χ3n) is 3.65. The summed E-state index contributed by atoms with van der Waals surface area (Å²) in [4.78, 5) is 8.28. The van der Waals surface area contributed by atoms with Gasteiger partial charge in [0.05, 0.1) is 7.11 Å². The summed E-state index contributed by atoms with van der Waals surface area (Å²) in [5.74, 6) is 1.68. The van der Waals surface area contributed by atoms with Gasteiger partial charge in [-0.1, -0.05) is 29.8 Å². The van der Waals surface area contributed by atoms with E-state index in [1.807, 2.05) is 13.0 Å². The number of methoxy groups -OCH3 is 1. The monoisotopic (exact) mass is 346 g/mol. The van der Waals surface area contributed by atoms with Gasteiger partial charge >= 0.3 is 0 Å². The van der Waals surface area contributed by atoms with Gasteiger partial charge in [-0.3, -0.25) is 4.99 Å². The van der Waals surface area contributed by atoms with Crippen molar-refractivity contribution in [3.8, 4) is 5.75 Å². The van der Waals surface area contributed by atoms with Gasteiger partial charge in [-0.25, -0.2) is 4.98 Å². The molecule has 1 heterocycles. The second-order valence-corrected chi connectivity index (χ2v) is 5.78. The van der Waals surface area contributed by atoms with Crippen molar-refractivity contribution in [2.45, 2.75) is 19.9 Å². The molecule has 0 saturated heterocycles. The van der Waals surface area contributed by atoms with E-state index in [4.69, 9.17) is 16.3 Å². The predicted octanol–water partition coefficient (Wildman–Crippen LogP) is 2.96. The first-order chi connectivity index (χ1) is 11.6. The van der Waals surface area contributed by atoms with E-state index in [0.717, 1.165) is 35.8 Å². The van der Waals surface area contributed by atoms with Crippen LogP contribution in [0.1, 0.15) is 16.7 Å². The summed E-state index contributed by atoms with van der Waals surface area (Å²) in [7, 11) is 3.45. The molecule has 0 unspecified atom stereocenters. The van der Waals surface area contributed by atoms with Gasteiger partial charge in [0.2, 0.25) is 0 Å². The van der Waals surface area contributed by atoms with Crippen molar-refractivity contribution in [3.05, 3.63) is 58.4 Å². The van der Waals surface area contributed by atoms with Crippen molar-refractivity contribution in [2.24, 2.45) is 4.99 Å². The summed E-state index contributed by atoms with van der Waals surface area (Å²) < 4.78 is 5.36. The number of rotatable bonds is 6. The van der Waals surface area contributed by atoms with Crippen LogP contribution in [0.15, 0.2) is 41.5 Å². The number of guanidine groups is 1. The van der Waals surface area contributed by atoms with Gasteiger partial charge in [-0.15, -0.1) is 0 Å². The zero-order valence-electron chi connectivity index (χ0n) is 14.3. The molecular formula is C18H23ClN4O. The molecule has 1 aromatic heterocycles. The number of pyridine rings is 1. The topological polar surface area (TPSA) is 58.5 Å². The fourth-order valence-electron chi connectivity index (χ4n) is 2.26. The first-order valence-electron chi connectivity index (χ1n) is 7.81. The molecule has 24 heavy (non-hydrogen) atoms. The molecule has 0 aliphatic carbocycles. The van der Waals surface area contributed by atoms with Crippen LogP contribution >= 0.6 is 11.6 Å². The van der Waals surface area contributed by atoms with E-state index >= 15 is 0 Å². The van der Waals surface area contributed by atoms with Gasteiger partial charge in [-0.2, -0.15) is 0 Å². The second kappa shape index (κ2) is 9.13. The maximum absolute atomic E-state index is 5.78. The Morgan fingerprint density at radius 2 is 2.00 bits per heavy atom. The molecule has 2 aromatic rings. The third kappa shape index (κ3) is 5.42. The Bertz CT molecular complexity index is 686. The van der Waals surface area contributed by atoms with Gasteiger partial charge in [0.1, 0.15) is 10.9 Å². The van der Waals surface area contributed by atoms with Crippen molar-refractivity contribution in [2.75, 3.05) is 20.7 Å². The lowest BCUT2D eigenvalue weighted by Crippen LogP contribution is -2.37. The number of benzene rings is 1. The van der Waals surface area contributed by atoms with Gasteiger partial charge in [-0.05, 0) is 42.2 Å². The molecule has 0 radical (unpaired) electrons. The van der Waals surface area contributed by atoms with E-state index in [1.54, 1.807) is 26.4 Å². The highest BCUT2D eigenvalue weighted by molar-refractivity contribution is 6.29. The quantitative estimate of drug-likeness (QED) is 0.479. The fourth-order valence-corrected chi connectivity index (χ4v) is 2.37. The molecule has 128 valence electrons. The molecule has 0 fully saturated rings. The average Bonchev–Trinajstić information content (AvgIpc) is 2.60. The van der Waals surface area contributed by atoms with Crippen LogP contribution < -0.4 is 15.4 Å². The van der Waals surface area contributed by atoms with Gasteiger partial charge in [0, 0.05) is 26.3 Å². The van der Waals surface area contributed by atoms with E-state index < -0.39 is 0 Å². The van der Waals surface area contributed by atoms with Crippen LogP contribution in [0.3, 0.4) is 0 Å². The molecule has 0 amide bonds. The summed E-state index contributed by atoms with van der Waals surface area (Å²) >= 11 is 5.78. The molecule has 5 nitrogen and oxygen atoms in total. The van der Waals surface area contributed by atoms with Crippen LogP contribution in [0.4, 0.5) is 0 Å². The zero-order valence-corrected chi connectivity index (χ0v) is 15.0. The van der Waals surface area contributed by atoms with Gasteiger partial charge in [0.25, 0.3) is 0 Å². The number of hydrogen-bond donors (Lipinski definition) is 2. The summed E-state index contributed by atoms with van der Waals surface area (Å²) in [6, 6.07) is 9.99. The average molecular weight is 347 g/mol. The van der Waals surface area contributed by atoms with Gasteiger partial charge in [0.15, 0.2) is 5.96 Å². The van der Waals surface area contributed by atoms with Crippen molar-refractivity contribution >= 4 is 17.6 Å². The normalized spacial score (nSPS) is 11.2. The highest BCUT2D eigenvalue weighted by atomic mass is 35.5. The number of aromatic nitrogens is 1. The first-order valence-corrected chi connectivity index (χ1v) is 8.18. The molecule has 0 aliphatic heterocycles. The molecule has 2 rings (SSSR count). The molecule has 1 aromatic carbocycles. The fraction of sp³-hybridized carbons (Fsp3) is 0.333. The summed E-state index contributed by atoms with van der Waals surface area (Å²) in [5.41, 5.74) is 3.41. The molecule has 0 atom stereocenters. The highest BCUT2D eigenvalue weighted by Gasteiger charge is 2.02. The molecular weight excluding hydrogens is 324 g/mol. The Morgan fingerprint density at radius 1 is 1.21 bits per heavy atom. The maximum Gasteiger partial charge on any atom is 0.191 e. The lowest BCUT2D eigenvalue weighted by Gasteiger charge is -2.12. The highest BCUT2D eigenvalue weighted by Crippen LogP contribution is 2.18. The number of hydrogen-bond acceptors (Lipinski definition) is 3. The number of aliphatic imine (C=N–C) groups is 1. The Hall–Kier alpha value is -2.27. The molecule has 2 N–H and O–H groups in total. The van der Waals surface area contributed by atoms with Crippen LogP contribution in [0, 0.1) is 6.92 Å². The molecule has 0 spiro atoms. The number of nitrogens with one attached hydrogen (secondary N) is 2. The number of halogens is 1. The number of aryl methyl sites for hydroxylation is 1. The van der Waals surface area contributed by atoms with Crippen molar-refractivity contribution in [1.29, 1.82) is 0 Å². The Morgan fingerprint density at radius 3 is 2.67 bits per heavy atom. The van der Waals surface area contributed by atoms with Crippen molar-refractivity contribution in [1.82, 2.24) is 15.6 Å². The van der Waals surface area contributed by atoms with Crippen LogP contribution in [0.25, 0.3) is 0 Å². The minimum absolute atomic E-state index is 0.495. The van der Waals surface area contributed by atoms with Crippen LogP contribution in [0.5, 0.6) is 5.75 Å². The van der Waals surface area contributed by atoms with E-state index in [9.17, 15) is 0 Å². The molecule has 6 heteroatoms. The Labute approximate surface area is 148 Å². The van der Waals surface area contributed by atoms with Crippen molar-refractivity contribution in [3.63, 3.8) is 0 Å². The molecule has 0 saturated carbocycles. The minimum Gasteiger partial charge on any atom is -0.496 e. The van der Waals surface area contributed by atoms with Crippen LogP contribution in [-0.2, 0) is 13.0 Å². The second-order valence-electron chi connectivity index (χ2n) is 5.40. The van der Waals surface area contributed by atoms with Crippen LogP contribution in [0.2, 0.25) is 5.15 Å². The lowest BCUT2D eigenvalue weighted by atomic mass is 10.1. The molecule has 0 bridgehead atoms. The SMILES string of the molecule is CN=C(NCCc1ccc(C)c(OC)c1)NCc1ccc(Cl)nc1. The van der Waals surface area contributed by atoms with E-state index in [2.05, 4.69) is 38.8 Å². The van der Waals surface area contributed by atoms with Gasteiger partial charge < -0.3 is 15.4 Å². The number of ether oxygens (including phenoxy) is 1. The van der Waals surface area contributed by atoms with E-state index in [1.165, 1.54) is 5.56 Å². The Kier molecular flexibility index (Phi) is 6.88. The lowest BCUT2D eigenvalue weighted by molar-refractivity contribution is 0.411. The minimum atomic E-state index is 0.495. The smallest absolute Gasteiger partial charge is 0.191 e. The summed E-state index contributed by atoms with van der Waals surface area (Å²) in [6.07, 6.45) is 2.64. The summed E-state index contributed by atoms with van der Waals surface area (Å²) in [5, 5.41) is 7.05. The Balaban J connectivity index is 1.80. The maximum atomic E-state index is 5.78. The van der Waals surface area contributed by atoms with E-state index in [-0.39, 0.29) is 0 Å². The van der Waals surface area contributed by atoms with Crippen molar-refractivity contribution < 1.29 is 4.74 Å². The van der Waals surface area contributed by atoms with E-state index in [0.29, 0.717) is 11.7 Å². The largest absolute Gasteiger partial charge is 0.496 e. The predicted molar refractivity (Wildman–Crippen MR) is 98.9 cm³/mol. The zero-order chi connectivity index (χ0) is 17.4. The third-order valence-corrected chi connectivity index (χ3v) is 3.87. The standard InChI is InChI=1S/C18H23ClN4O/c1-13-4-5-14(10-16(13)24-3)8-9-21-18(20-2)23-12-15-6-7-17(19)22-11-15/h4-7,10-11H,8-9,12H2,1-3H3,(H2,20,21,23). The summed E-state index contributed by atoms with van der Waals surface area (Å²) in [6.45, 7) is 3.46. The first kappa shape index (κ1) is 18.1. The van der Waals surface area contributed by atoms with Crippen LogP contribution in [-0.4, -0.2) is 31.6 Å².